The van der Waals surface area contributed by atoms with E-state index in [0.29, 0.717) is 45.3 Å². The highest BCUT2D eigenvalue weighted by Crippen LogP contribution is 2.13. The number of aryl methyl sites for hydroxylation is 1. The van der Waals surface area contributed by atoms with E-state index in [-0.39, 0.29) is 18.1 Å². The Morgan fingerprint density at radius 1 is 0.700 bits per heavy atom. The van der Waals surface area contributed by atoms with Crippen molar-refractivity contribution < 1.29 is 31.5 Å². The fraction of sp³-hybridized carbons (Fsp3) is 0.429. The van der Waals surface area contributed by atoms with Gasteiger partial charge in [-0.25, -0.2) is 0 Å². The molecule has 0 heterocycles. The SMILES string of the molecule is Cc1ccc(S(=O)(=O)OCCOCCOCCOCCOc2ccc(N)cc2)cc1. The summed E-state index contributed by atoms with van der Waals surface area (Å²) in [6.45, 7) is 4.50. The van der Waals surface area contributed by atoms with Crippen LogP contribution in [0, 0.1) is 6.92 Å². The van der Waals surface area contributed by atoms with Crippen molar-refractivity contribution in [1.82, 2.24) is 0 Å². The summed E-state index contributed by atoms with van der Waals surface area (Å²) in [4.78, 5) is 0.135. The maximum Gasteiger partial charge on any atom is 0.297 e. The summed E-state index contributed by atoms with van der Waals surface area (Å²) in [5.74, 6) is 0.747. The molecule has 0 fully saturated rings. The van der Waals surface area contributed by atoms with Crippen LogP contribution in [-0.4, -0.2) is 61.3 Å². The number of nitrogens with two attached hydrogens (primary N) is 1. The summed E-state index contributed by atoms with van der Waals surface area (Å²) in [6.07, 6.45) is 0. The molecule has 166 valence electrons. The van der Waals surface area contributed by atoms with Gasteiger partial charge in [0.15, 0.2) is 0 Å². The van der Waals surface area contributed by atoms with Crippen molar-refractivity contribution in [2.24, 2.45) is 0 Å². The minimum atomic E-state index is -3.75. The van der Waals surface area contributed by atoms with Crippen LogP contribution < -0.4 is 10.5 Å². The van der Waals surface area contributed by atoms with Crippen molar-refractivity contribution in [1.29, 1.82) is 0 Å². The van der Waals surface area contributed by atoms with Gasteiger partial charge in [-0.1, -0.05) is 17.7 Å². The first-order valence-corrected chi connectivity index (χ1v) is 11.1. The first kappa shape index (κ1) is 24.1. The van der Waals surface area contributed by atoms with Crippen molar-refractivity contribution in [2.75, 3.05) is 58.6 Å². The molecule has 0 radical (unpaired) electrons. The maximum absolute atomic E-state index is 12.0. The van der Waals surface area contributed by atoms with Crippen molar-refractivity contribution in [3.63, 3.8) is 0 Å². The van der Waals surface area contributed by atoms with Crippen LogP contribution in [0.2, 0.25) is 0 Å². The van der Waals surface area contributed by atoms with E-state index in [2.05, 4.69) is 0 Å². The van der Waals surface area contributed by atoms with Crippen LogP contribution in [0.25, 0.3) is 0 Å². The molecule has 0 bridgehead atoms. The lowest BCUT2D eigenvalue weighted by atomic mass is 10.2. The third-order valence-corrected chi connectivity index (χ3v) is 5.22. The molecular weight excluding hydrogens is 410 g/mol. The Balaban J connectivity index is 1.39. The summed E-state index contributed by atoms with van der Waals surface area (Å²) in [6, 6.07) is 13.7. The first-order valence-electron chi connectivity index (χ1n) is 9.65. The second-order valence-electron chi connectivity index (χ2n) is 6.34. The molecule has 0 saturated carbocycles. The molecule has 0 saturated heterocycles. The Bertz CT molecular complexity index is 823. The molecule has 0 amide bonds. The molecular formula is C21H29NO7S. The third kappa shape index (κ3) is 9.55. The number of hydrogen-bond acceptors (Lipinski definition) is 8. The molecule has 0 spiro atoms. The van der Waals surface area contributed by atoms with Gasteiger partial charge in [0.25, 0.3) is 10.1 Å². The van der Waals surface area contributed by atoms with E-state index < -0.39 is 10.1 Å². The molecule has 0 atom stereocenters. The molecule has 0 aromatic heterocycles. The number of hydrogen-bond donors (Lipinski definition) is 1. The van der Waals surface area contributed by atoms with Gasteiger partial charge < -0.3 is 24.7 Å². The van der Waals surface area contributed by atoms with Crippen molar-refractivity contribution in [3.05, 3.63) is 54.1 Å². The summed E-state index contributed by atoms with van der Waals surface area (Å²) < 4.78 is 50.5. The average molecular weight is 440 g/mol. The molecule has 2 rings (SSSR count). The molecule has 2 aromatic carbocycles. The number of benzene rings is 2. The van der Waals surface area contributed by atoms with Crippen LogP contribution in [0.3, 0.4) is 0 Å². The summed E-state index contributed by atoms with van der Waals surface area (Å²) in [7, 11) is -3.75. The highest BCUT2D eigenvalue weighted by Gasteiger charge is 2.14. The van der Waals surface area contributed by atoms with Crippen LogP contribution >= 0.6 is 0 Å². The van der Waals surface area contributed by atoms with Gasteiger partial charge in [-0.15, -0.1) is 0 Å². The van der Waals surface area contributed by atoms with E-state index >= 15 is 0 Å². The largest absolute Gasteiger partial charge is 0.491 e. The topological polar surface area (TPSA) is 106 Å². The Labute approximate surface area is 178 Å². The number of rotatable bonds is 15. The van der Waals surface area contributed by atoms with Crippen LogP contribution in [0.15, 0.2) is 53.4 Å². The second-order valence-corrected chi connectivity index (χ2v) is 7.96. The predicted molar refractivity (Wildman–Crippen MR) is 113 cm³/mol. The van der Waals surface area contributed by atoms with E-state index in [1.54, 1.807) is 36.4 Å². The van der Waals surface area contributed by atoms with Gasteiger partial charge in [-0.2, -0.15) is 8.42 Å². The highest BCUT2D eigenvalue weighted by molar-refractivity contribution is 7.86. The van der Waals surface area contributed by atoms with Crippen LogP contribution in [0.4, 0.5) is 5.69 Å². The maximum atomic E-state index is 12.0. The molecule has 0 unspecified atom stereocenters. The number of anilines is 1. The molecule has 2 aromatic rings. The predicted octanol–water partition coefficient (Wildman–Crippen LogP) is 2.41. The van der Waals surface area contributed by atoms with Gasteiger partial charge in [-0.05, 0) is 43.3 Å². The van der Waals surface area contributed by atoms with E-state index in [1.807, 2.05) is 6.92 Å². The van der Waals surface area contributed by atoms with Crippen LogP contribution in [0.1, 0.15) is 5.56 Å². The molecule has 30 heavy (non-hydrogen) atoms. The zero-order valence-electron chi connectivity index (χ0n) is 17.1. The van der Waals surface area contributed by atoms with E-state index in [1.165, 1.54) is 12.1 Å². The monoisotopic (exact) mass is 439 g/mol. The minimum Gasteiger partial charge on any atom is -0.491 e. The van der Waals surface area contributed by atoms with Gasteiger partial charge in [-0.3, -0.25) is 4.18 Å². The van der Waals surface area contributed by atoms with E-state index in [0.717, 1.165) is 11.3 Å². The molecule has 0 aliphatic heterocycles. The quantitative estimate of drug-likeness (QED) is 0.256. The lowest BCUT2D eigenvalue weighted by molar-refractivity contribution is 0.00528. The molecule has 2 N–H and O–H groups in total. The Hall–Kier alpha value is -2.17. The Morgan fingerprint density at radius 2 is 1.20 bits per heavy atom. The number of nitrogen functional groups attached to an aromatic ring is 1. The Kier molecular flexibility index (Phi) is 10.6. The van der Waals surface area contributed by atoms with Crippen LogP contribution in [-0.2, 0) is 28.5 Å². The number of ether oxygens (including phenoxy) is 4. The third-order valence-electron chi connectivity index (χ3n) is 3.90. The molecule has 0 aliphatic carbocycles. The van der Waals surface area contributed by atoms with Crippen LogP contribution in [0.5, 0.6) is 5.75 Å². The highest BCUT2D eigenvalue weighted by atomic mass is 32.2. The fourth-order valence-corrected chi connectivity index (χ4v) is 3.19. The molecule has 9 heteroatoms. The lowest BCUT2D eigenvalue weighted by Gasteiger charge is -2.09. The minimum absolute atomic E-state index is 0.0483. The van der Waals surface area contributed by atoms with E-state index in [9.17, 15) is 8.42 Å². The fourth-order valence-electron chi connectivity index (χ4n) is 2.30. The summed E-state index contributed by atoms with van der Waals surface area (Å²) >= 11 is 0. The normalized spacial score (nSPS) is 11.5. The average Bonchev–Trinajstić information content (AvgIpc) is 2.73. The van der Waals surface area contributed by atoms with Gasteiger partial charge in [0, 0.05) is 5.69 Å². The summed E-state index contributed by atoms with van der Waals surface area (Å²) in [5.41, 5.74) is 7.28. The second kappa shape index (κ2) is 13.2. The smallest absolute Gasteiger partial charge is 0.297 e. The van der Waals surface area contributed by atoms with Crippen molar-refractivity contribution >= 4 is 15.8 Å². The van der Waals surface area contributed by atoms with Gasteiger partial charge in [0.1, 0.15) is 12.4 Å². The van der Waals surface area contributed by atoms with Crippen molar-refractivity contribution in [3.8, 4) is 5.75 Å². The lowest BCUT2D eigenvalue weighted by Crippen LogP contribution is -2.15. The standard InChI is InChI=1S/C21H29NO7S/c1-18-2-8-21(9-3-18)30(23,24)29-17-15-27-13-11-25-10-12-26-14-16-28-20-6-4-19(22)5-7-20/h2-9H,10-17,22H2,1H3. The zero-order valence-corrected chi connectivity index (χ0v) is 17.9. The van der Waals surface area contributed by atoms with Gasteiger partial charge in [0.05, 0.1) is 51.1 Å². The summed E-state index contributed by atoms with van der Waals surface area (Å²) in [5, 5.41) is 0. The van der Waals surface area contributed by atoms with Gasteiger partial charge >= 0.3 is 0 Å². The zero-order chi connectivity index (χ0) is 21.7. The van der Waals surface area contributed by atoms with Crippen molar-refractivity contribution in [2.45, 2.75) is 11.8 Å². The van der Waals surface area contributed by atoms with E-state index in [4.69, 9.17) is 28.9 Å². The first-order chi connectivity index (χ1) is 14.5. The van der Waals surface area contributed by atoms with Gasteiger partial charge in [0.2, 0.25) is 0 Å². The molecule has 8 nitrogen and oxygen atoms in total. The molecule has 0 aliphatic rings. The Morgan fingerprint density at radius 3 is 1.77 bits per heavy atom.